The fourth-order valence-corrected chi connectivity index (χ4v) is 6.82. The van der Waals surface area contributed by atoms with Crippen LogP contribution in [0, 0.1) is 11.8 Å². The number of methoxy groups -OCH3 is 2. The summed E-state index contributed by atoms with van der Waals surface area (Å²) in [5, 5.41) is 37.6. The number of aliphatic imine (C=N–C) groups is 1. The molecule has 3 aromatic carbocycles. The van der Waals surface area contributed by atoms with Gasteiger partial charge in [-0.05, 0) is 56.2 Å². The van der Waals surface area contributed by atoms with E-state index in [1.165, 1.54) is 26.4 Å². The molecule has 4 rings (SSSR count). The molecule has 6 N–H and O–H groups in total. The molecule has 3 aromatic rings. The number of rotatable bonds is 7. The van der Waals surface area contributed by atoms with Crippen molar-refractivity contribution in [1.29, 1.82) is 0 Å². The van der Waals surface area contributed by atoms with Gasteiger partial charge in [0.15, 0.2) is 6.10 Å². The van der Waals surface area contributed by atoms with Crippen LogP contribution in [0.1, 0.15) is 57.7 Å². The predicted molar refractivity (Wildman–Crippen MR) is 211 cm³/mol. The van der Waals surface area contributed by atoms with Crippen LogP contribution in [0.3, 0.4) is 0 Å². The van der Waals surface area contributed by atoms with Crippen molar-refractivity contribution in [3.8, 4) is 11.5 Å². The molecular weight excluding hydrogens is 686 g/mol. The third kappa shape index (κ3) is 10.0. The first kappa shape index (κ1) is 41.5. The lowest BCUT2D eigenvalue weighted by Crippen LogP contribution is -2.37. The van der Waals surface area contributed by atoms with Gasteiger partial charge in [-0.3, -0.25) is 9.79 Å². The van der Waals surface area contributed by atoms with Crippen LogP contribution in [0.25, 0.3) is 0 Å². The van der Waals surface area contributed by atoms with Gasteiger partial charge in [0.2, 0.25) is 0 Å². The maximum atomic E-state index is 13.4. The van der Waals surface area contributed by atoms with Crippen LogP contribution in [0.4, 0.5) is 16.2 Å². The number of carbonyl (C=O) groups excluding carboxylic acids is 2. The molecule has 54 heavy (non-hydrogen) atoms. The minimum atomic E-state index is -0.997. The van der Waals surface area contributed by atoms with Gasteiger partial charge < -0.3 is 40.6 Å². The number of phenols is 2. The van der Waals surface area contributed by atoms with Crippen molar-refractivity contribution < 1.29 is 39.1 Å². The normalized spacial score (nSPS) is 24.0. The summed E-state index contributed by atoms with van der Waals surface area (Å²) < 4.78 is 16.9. The van der Waals surface area contributed by atoms with Gasteiger partial charge in [0.25, 0.3) is 5.91 Å². The molecule has 0 saturated heterocycles. The summed E-state index contributed by atoms with van der Waals surface area (Å²) in [6.07, 6.45) is 4.52. The van der Waals surface area contributed by atoms with Crippen LogP contribution in [0.2, 0.25) is 0 Å². The molecule has 288 valence electrons. The van der Waals surface area contributed by atoms with Crippen molar-refractivity contribution in [2.45, 2.75) is 77.3 Å². The number of aromatic hydroxyl groups is 2. The highest BCUT2D eigenvalue weighted by molar-refractivity contribution is 6.05. The van der Waals surface area contributed by atoms with Gasteiger partial charge in [0.1, 0.15) is 23.3 Å². The van der Waals surface area contributed by atoms with Gasteiger partial charge in [-0.1, -0.05) is 98.8 Å². The van der Waals surface area contributed by atoms with Crippen LogP contribution in [-0.4, -0.2) is 72.2 Å². The Morgan fingerprint density at radius 1 is 1.00 bits per heavy atom. The lowest BCUT2D eigenvalue weighted by molar-refractivity contribution is -0.112. The molecule has 2 amide bonds. The van der Waals surface area contributed by atoms with E-state index in [1.807, 2.05) is 81.4 Å². The molecule has 0 fully saturated rings. The third-order valence-corrected chi connectivity index (χ3v) is 10.0. The Labute approximate surface area is 317 Å². The zero-order valence-electron chi connectivity index (χ0n) is 32.0. The molecular formula is C43H53N3O8. The van der Waals surface area contributed by atoms with E-state index in [0.717, 1.165) is 11.1 Å². The van der Waals surface area contributed by atoms with E-state index in [9.17, 15) is 24.9 Å². The van der Waals surface area contributed by atoms with Gasteiger partial charge in [-0.2, -0.15) is 0 Å². The molecule has 0 aromatic heterocycles. The van der Waals surface area contributed by atoms with Crippen molar-refractivity contribution in [2.24, 2.45) is 22.6 Å². The van der Waals surface area contributed by atoms with Crippen molar-refractivity contribution >= 4 is 29.6 Å². The largest absolute Gasteiger partial charge is 0.506 e. The zero-order chi connectivity index (χ0) is 39.6. The fraction of sp³-hybridized carbons (Fsp3) is 0.372. The maximum Gasteiger partial charge on any atom is 0.405 e. The van der Waals surface area contributed by atoms with Gasteiger partial charge in [-0.15, -0.1) is 0 Å². The number of hydrogen-bond donors (Lipinski definition) is 5. The van der Waals surface area contributed by atoms with E-state index in [0.29, 0.717) is 17.6 Å². The number of amides is 2. The summed E-state index contributed by atoms with van der Waals surface area (Å²) >= 11 is 0. The van der Waals surface area contributed by atoms with Gasteiger partial charge >= 0.3 is 6.09 Å². The number of nitrogens with two attached hydrogens (primary N) is 1. The third-order valence-electron chi connectivity index (χ3n) is 10.0. The molecule has 6 unspecified atom stereocenters. The number of aliphatic hydroxyl groups is 1. The number of hydrogen-bond acceptors (Lipinski definition) is 9. The Morgan fingerprint density at radius 3 is 2.17 bits per heavy atom. The summed E-state index contributed by atoms with van der Waals surface area (Å²) in [5.74, 6) is -1.69. The van der Waals surface area contributed by atoms with E-state index < -0.39 is 47.7 Å². The maximum absolute atomic E-state index is 13.4. The second kappa shape index (κ2) is 18.7. The van der Waals surface area contributed by atoms with Crippen LogP contribution in [-0.2, 0) is 30.8 Å². The van der Waals surface area contributed by atoms with Crippen LogP contribution in [0.15, 0.2) is 107 Å². The molecule has 0 spiro atoms. The van der Waals surface area contributed by atoms with E-state index in [2.05, 4.69) is 5.32 Å². The molecule has 1 aliphatic rings. The zero-order valence-corrected chi connectivity index (χ0v) is 32.0. The van der Waals surface area contributed by atoms with Crippen molar-refractivity contribution in [3.63, 3.8) is 0 Å². The minimum Gasteiger partial charge on any atom is -0.506 e. The van der Waals surface area contributed by atoms with E-state index >= 15 is 0 Å². The van der Waals surface area contributed by atoms with Gasteiger partial charge in [0.05, 0.1) is 23.3 Å². The molecule has 11 nitrogen and oxygen atoms in total. The van der Waals surface area contributed by atoms with E-state index in [-0.39, 0.29) is 40.8 Å². The standard InChI is InChI=1S/C43H53N3O8/c1-26-21-32-37(45-25-43(5,30-16-10-8-11-17-30)31-18-12-9-13-19-31)34(47)24-33(39(32)49)46-41(50)27(2)15-14-20-35(52-6)40(54-42(44)51)29(4)23-28(3)38(48)36(22-26)53-7/h8-20,23-26,28,35-36,38,40,47-49H,21-22H2,1-7H3,(H2,44,51)(H,46,50)/b20-14-,27-15?,29-23?,45-25?. The molecule has 0 saturated carbocycles. The number of nitrogens with zero attached hydrogens (tertiary/aromatic N) is 1. The number of aliphatic hydroxyl groups excluding tert-OH is 1. The number of ether oxygens (including phenoxy) is 3. The molecule has 1 aliphatic heterocycles. The van der Waals surface area contributed by atoms with Crippen LogP contribution < -0.4 is 11.1 Å². The number of anilines is 1. The Hall–Kier alpha value is -5.23. The predicted octanol–water partition coefficient (Wildman–Crippen LogP) is 7.27. The minimum absolute atomic E-state index is 0.00337. The number of fused-ring (bicyclic) bond motifs is 2. The number of carbonyl (C=O) groups is 2. The first-order valence-electron chi connectivity index (χ1n) is 18.0. The monoisotopic (exact) mass is 739 g/mol. The molecule has 0 radical (unpaired) electrons. The van der Waals surface area contributed by atoms with Gasteiger partial charge in [-0.25, -0.2) is 4.79 Å². The molecule has 1 heterocycles. The van der Waals surface area contributed by atoms with Crippen LogP contribution >= 0.6 is 0 Å². The first-order chi connectivity index (χ1) is 25.7. The topological polar surface area (TPSA) is 173 Å². The second-order valence-corrected chi connectivity index (χ2v) is 14.1. The van der Waals surface area contributed by atoms with Crippen molar-refractivity contribution in [2.75, 3.05) is 19.5 Å². The molecule has 2 bridgehead atoms. The lowest BCUT2D eigenvalue weighted by Gasteiger charge is -2.29. The lowest BCUT2D eigenvalue weighted by atomic mass is 9.77. The fourth-order valence-electron chi connectivity index (χ4n) is 6.82. The van der Waals surface area contributed by atoms with E-state index in [1.54, 1.807) is 38.3 Å². The van der Waals surface area contributed by atoms with Gasteiger partial charge in [0, 0.05) is 43.6 Å². The Bertz CT molecular complexity index is 1830. The number of allylic oxidation sites excluding steroid dienone is 2. The highest BCUT2D eigenvalue weighted by Gasteiger charge is 2.31. The number of nitrogens with one attached hydrogen (secondary N) is 1. The average molecular weight is 740 g/mol. The smallest absolute Gasteiger partial charge is 0.405 e. The quantitative estimate of drug-likeness (QED) is 0.0729. The summed E-state index contributed by atoms with van der Waals surface area (Å²) in [5.41, 5.74) is 7.99. The summed E-state index contributed by atoms with van der Waals surface area (Å²) in [7, 11) is 2.96. The molecule has 6 atom stereocenters. The summed E-state index contributed by atoms with van der Waals surface area (Å²) in [6, 6.07) is 21.0. The number of primary amides is 1. The summed E-state index contributed by atoms with van der Waals surface area (Å²) in [4.78, 5) is 30.2. The summed E-state index contributed by atoms with van der Waals surface area (Å²) in [6.45, 7) is 9.15. The van der Waals surface area contributed by atoms with Crippen LogP contribution in [0.5, 0.6) is 11.5 Å². The highest BCUT2D eigenvalue weighted by Crippen LogP contribution is 2.45. The molecule has 0 aliphatic carbocycles. The Morgan fingerprint density at radius 2 is 1.61 bits per heavy atom. The average Bonchev–Trinajstić information content (AvgIpc) is 3.16. The number of benzene rings is 3. The first-order valence-corrected chi connectivity index (χ1v) is 18.0. The van der Waals surface area contributed by atoms with E-state index in [4.69, 9.17) is 24.9 Å². The SMILES string of the molecule is COC1/C=C\C=C(C)C(=O)Nc2cc(O)c(N=CC(C)(c3ccccc3)c3ccccc3)c(c2O)CC(C)CC(OC)C(O)C(C)C=C(C)C1OC(N)=O. The Kier molecular flexibility index (Phi) is 14.4. The van der Waals surface area contributed by atoms with Crippen molar-refractivity contribution in [3.05, 3.63) is 119 Å². The molecule has 11 heteroatoms. The Balaban J connectivity index is 1.85. The van der Waals surface area contributed by atoms with Crippen molar-refractivity contribution in [1.82, 2.24) is 0 Å². The second-order valence-electron chi connectivity index (χ2n) is 14.1. The highest BCUT2D eigenvalue weighted by atomic mass is 16.6. The number of phenolic OH excluding ortho intramolecular Hbond substituents is 2.